The zero-order valence-electron chi connectivity index (χ0n) is 11.1. The van der Waals surface area contributed by atoms with Crippen LogP contribution >= 0.6 is 0 Å². The largest absolute Gasteiger partial charge is 0.354 e. The summed E-state index contributed by atoms with van der Waals surface area (Å²) in [6.07, 6.45) is 1.95. The Labute approximate surface area is 103 Å². The first-order chi connectivity index (χ1) is 8.00. The van der Waals surface area contributed by atoms with Crippen LogP contribution in [0.1, 0.15) is 23.0 Å². The van der Waals surface area contributed by atoms with Crippen molar-refractivity contribution in [1.82, 2.24) is 14.4 Å². The molecule has 1 atom stereocenters. The highest BCUT2D eigenvalue weighted by molar-refractivity contribution is 5.95. The molecule has 0 saturated carbocycles. The number of rotatable bonds is 1. The lowest BCUT2D eigenvalue weighted by Crippen LogP contribution is -2.52. The van der Waals surface area contributed by atoms with Gasteiger partial charge in [-0.05, 0) is 27.0 Å². The maximum atomic E-state index is 12.4. The maximum absolute atomic E-state index is 12.4. The fourth-order valence-corrected chi connectivity index (χ4v) is 2.24. The van der Waals surface area contributed by atoms with E-state index in [1.54, 1.807) is 0 Å². The zero-order valence-corrected chi connectivity index (χ0v) is 11.1. The number of likely N-dealkylation sites (N-methyl/N-ethyl adjacent to an activating group) is 1. The number of hydrogen-bond acceptors (Lipinski definition) is 2. The van der Waals surface area contributed by atoms with Gasteiger partial charge in [-0.3, -0.25) is 4.79 Å². The van der Waals surface area contributed by atoms with Crippen LogP contribution in [0.15, 0.2) is 12.3 Å². The van der Waals surface area contributed by atoms with Crippen molar-refractivity contribution < 1.29 is 4.79 Å². The van der Waals surface area contributed by atoms with Crippen LogP contribution in [0.4, 0.5) is 0 Å². The third-order valence-corrected chi connectivity index (χ3v) is 3.86. The average molecular weight is 235 g/mol. The second kappa shape index (κ2) is 4.53. The molecule has 17 heavy (non-hydrogen) atoms. The van der Waals surface area contributed by atoms with Crippen molar-refractivity contribution in [2.45, 2.75) is 19.9 Å². The number of amides is 1. The molecule has 0 aliphatic carbocycles. The van der Waals surface area contributed by atoms with E-state index in [2.05, 4.69) is 18.9 Å². The lowest BCUT2D eigenvalue weighted by molar-refractivity contribution is 0.0571. The van der Waals surface area contributed by atoms with Gasteiger partial charge in [0.25, 0.3) is 5.91 Å². The van der Waals surface area contributed by atoms with Crippen LogP contribution in [-0.4, -0.2) is 53.0 Å². The number of carbonyl (C=O) groups is 1. The summed E-state index contributed by atoms with van der Waals surface area (Å²) in [6, 6.07) is 2.36. The first kappa shape index (κ1) is 12.2. The lowest BCUT2D eigenvalue weighted by atomic mass is 10.1. The Bertz CT molecular complexity index is 424. The van der Waals surface area contributed by atoms with Crippen LogP contribution in [0.3, 0.4) is 0 Å². The molecule has 0 spiro atoms. The minimum Gasteiger partial charge on any atom is -0.354 e. The normalized spacial score (nSPS) is 21.9. The minimum absolute atomic E-state index is 0.169. The number of hydrogen-bond donors (Lipinski definition) is 0. The molecular formula is C13H21N3O. The lowest BCUT2D eigenvalue weighted by Gasteiger charge is -2.37. The molecule has 1 aromatic rings. The van der Waals surface area contributed by atoms with Crippen LogP contribution in [-0.2, 0) is 7.05 Å². The monoisotopic (exact) mass is 235 g/mol. The van der Waals surface area contributed by atoms with E-state index >= 15 is 0 Å². The third-order valence-electron chi connectivity index (χ3n) is 3.86. The molecule has 1 aromatic heterocycles. The third kappa shape index (κ3) is 2.22. The van der Waals surface area contributed by atoms with E-state index in [1.807, 2.05) is 35.7 Å². The molecule has 1 amide bonds. The Kier molecular flexibility index (Phi) is 3.24. The van der Waals surface area contributed by atoms with Gasteiger partial charge >= 0.3 is 0 Å². The smallest absolute Gasteiger partial charge is 0.255 e. The second-order valence-electron chi connectivity index (χ2n) is 5.01. The van der Waals surface area contributed by atoms with Crippen molar-refractivity contribution >= 4 is 5.91 Å². The summed E-state index contributed by atoms with van der Waals surface area (Å²) in [4.78, 5) is 16.6. The highest BCUT2D eigenvalue weighted by Crippen LogP contribution is 2.15. The van der Waals surface area contributed by atoms with Crippen molar-refractivity contribution in [3.8, 4) is 0 Å². The Morgan fingerprint density at radius 2 is 2.06 bits per heavy atom. The molecule has 0 unspecified atom stereocenters. The standard InChI is InChI=1S/C13H21N3O/c1-10-9-16(8-7-14(10)3)13(17)12-5-6-15(4)11(12)2/h5-6,10H,7-9H2,1-4H3/t10-/m1/s1. The van der Waals surface area contributed by atoms with E-state index in [1.165, 1.54) is 0 Å². The second-order valence-corrected chi connectivity index (χ2v) is 5.01. The van der Waals surface area contributed by atoms with Gasteiger partial charge in [-0.2, -0.15) is 0 Å². The first-order valence-corrected chi connectivity index (χ1v) is 6.12. The van der Waals surface area contributed by atoms with Gasteiger partial charge in [0, 0.05) is 44.6 Å². The first-order valence-electron chi connectivity index (χ1n) is 6.12. The summed E-state index contributed by atoms with van der Waals surface area (Å²) in [6.45, 7) is 6.76. The van der Waals surface area contributed by atoms with Crippen LogP contribution < -0.4 is 0 Å². The van der Waals surface area contributed by atoms with Crippen molar-refractivity contribution in [3.63, 3.8) is 0 Å². The molecule has 1 fully saturated rings. The highest BCUT2D eigenvalue weighted by atomic mass is 16.2. The molecule has 94 valence electrons. The van der Waals surface area contributed by atoms with Crippen LogP contribution in [0.2, 0.25) is 0 Å². The molecule has 0 radical (unpaired) electrons. The van der Waals surface area contributed by atoms with Crippen molar-refractivity contribution in [1.29, 1.82) is 0 Å². The van der Waals surface area contributed by atoms with Gasteiger partial charge in [0.05, 0.1) is 5.56 Å². The van der Waals surface area contributed by atoms with Crippen LogP contribution in [0.5, 0.6) is 0 Å². The van der Waals surface area contributed by atoms with Crippen molar-refractivity contribution in [3.05, 3.63) is 23.5 Å². The van der Waals surface area contributed by atoms with Gasteiger partial charge in [0.15, 0.2) is 0 Å². The van der Waals surface area contributed by atoms with E-state index in [9.17, 15) is 4.79 Å². The molecule has 2 rings (SSSR count). The Morgan fingerprint density at radius 1 is 1.35 bits per heavy atom. The molecule has 1 saturated heterocycles. The number of aryl methyl sites for hydroxylation is 1. The predicted molar refractivity (Wildman–Crippen MR) is 68.1 cm³/mol. The molecular weight excluding hydrogens is 214 g/mol. The number of carbonyl (C=O) groups excluding carboxylic acids is 1. The molecule has 4 nitrogen and oxygen atoms in total. The average Bonchev–Trinajstić information content (AvgIpc) is 2.63. The maximum Gasteiger partial charge on any atom is 0.255 e. The SMILES string of the molecule is Cc1c(C(=O)N2CCN(C)[C@H](C)C2)ccn1C. The molecule has 1 aliphatic heterocycles. The van der Waals surface area contributed by atoms with Gasteiger partial charge < -0.3 is 14.4 Å². The Balaban J connectivity index is 2.13. The van der Waals surface area contributed by atoms with Gasteiger partial charge in [0.2, 0.25) is 0 Å². The van der Waals surface area contributed by atoms with E-state index in [0.29, 0.717) is 6.04 Å². The number of nitrogens with zero attached hydrogens (tertiary/aromatic N) is 3. The van der Waals surface area contributed by atoms with Crippen LogP contribution in [0.25, 0.3) is 0 Å². The Hall–Kier alpha value is -1.29. The topological polar surface area (TPSA) is 28.5 Å². The molecule has 0 aromatic carbocycles. The summed E-state index contributed by atoms with van der Waals surface area (Å²) in [5.41, 5.74) is 1.88. The molecule has 4 heteroatoms. The number of piperazine rings is 1. The molecule has 0 bridgehead atoms. The summed E-state index contributed by atoms with van der Waals surface area (Å²) < 4.78 is 1.99. The van der Waals surface area contributed by atoms with Crippen LogP contribution in [0, 0.1) is 6.92 Å². The summed E-state index contributed by atoms with van der Waals surface area (Å²) in [5, 5.41) is 0. The summed E-state index contributed by atoms with van der Waals surface area (Å²) in [5.74, 6) is 0.169. The van der Waals surface area contributed by atoms with Gasteiger partial charge in [-0.25, -0.2) is 0 Å². The zero-order chi connectivity index (χ0) is 12.6. The molecule has 2 heterocycles. The molecule has 0 N–H and O–H groups in total. The van der Waals surface area contributed by atoms with Gasteiger partial charge in [-0.15, -0.1) is 0 Å². The highest BCUT2D eigenvalue weighted by Gasteiger charge is 2.26. The van der Waals surface area contributed by atoms with E-state index in [0.717, 1.165) is 30.9 Å². The van der Waals surface area contributed by atoms with Gasteiger partial charge in [-0.1, -0.05) is 0 Å². The molecule has 1 aliphatic rings. The van der Waals surface area contributed by atoms with Gasteiger partial charge in [0.1, 0.15) is 0 Å². The Morgan fingerprint density at radius 3 is 2.59 bits per heavy atom. The van der Waals surface area contributed by atoms with E-state index in [-0.39, 0.29) is 5.91 Å². The quantitative estimate of drug-likeness (QED) is 0.729. The minimum atomic E-state index is 0.169. The predicted octanol–water partition coefficient (Wildman–Crippen LogP) is 1.11. The van der Waals surface area contributed by atoms with Crippen molar-refractivity contribution in [2.75, 3.05) is 26.7 Å². The van der Waals surface area contributed by atoms with E-state index < -0.39 is 0 Å². The summed E-state index contributed by atoms with van der Waals surface area (Å²) >= 11 is 0. The fraction of sp³-hybridized carbons (Fsp3) is 0.615. The summed E-state index contributed by atoms with van der Waals surface area (Å²) in [7, 11) is 4.08. The fourth-order valence-electron chi connectivity index (χ4n) is 2.24. The van der Waals surface area contributed by atoms with E-state index in [4.69, 9.17) is 0 Å². The van der Waals surface area contributed by atoms with Crippen molar-refractivity contribution in [2.24, 2.45) is 7.05 Å². The number of aromatic nitrogens is 1.